The molecular formula is C20H24Cl3N5. The summed E-state index contributed by atoms with van der Waals surface area (Å²) >= 11 is 18.7. The number of aromatic nitrogens is 2. The van der Waals surface area contributed by atoms with Crippen LogP contribution in [0.5, 0.6) is 0 Å². The van der Waals surface area contributed by atoms with Gasteiger partial charge in [-0.25, -0.2) is 4.98 Å². The molecule has 1 aromatic carbocycles. The van der Waals surface area contributed by atoms with Crippen molar-refractivity contribution < 1.29 is 0 Å². The molecule has 5 nitrogen and oxygen atoms in total. The molecule has 1 unspecified atom stereocenters. The molecule has 1 aromatic heterocycles. The molecule has 2 aliphatic rings. The first-order chi connectivity index (χ1) is 13.5. The van der Waals surface area contributed by atoms with Crippen LogP contribution in [0.1, 0.15) is 24.1 Å². The highest BCUT2D eigenvalue weighted by atomic mass is 35.5. The van der Waals surface area contributed by atoms with Crippen LogP contribution in [0.4, 0.5) is 11.8 Å². The molecule has 0 saturated carbocycles. The second-order valence-corrected chi connectivity index (χ2v) is 8.85. The molecule has 0 amide bonds. The molecule has 150 valence electrons. The average Bonchev–Trinajstić information content (AvgIpc) is 2.64. The maximum absolute atomic E-state index is 6.44. The van der Waals surface area contributed by atoms with Gasteiger partial charge in [0.25, 0.3) is 0 Å². The summed E-state index contributed by atoms with van der Waals surface area (Å²) in [7, 11) is 0. The van der Waals surface area contributed by atoms with Crippen LogP contribution in [0.15, 0.2) is 18.2 Å². The molecule has 1 atom stereocenters. The lowest BCUT2D eigenvalue weighted by Crippen LogP contribution is -2.53. The van der Waals surface area contributed by atoms with Crippen molar-refractivity contribution in [3.8, 4) is 0 Å². The zero-order valence-electron chi connectivity index (χ0n) is 15.8. The third-order valence-electron chi connectivity index (χ3n) is 5.66. The van der Waals surface area contributed by atoms with Crippen molar-refractivity contribution in [3.63, 3.8) is 0 Å². The first-order valence-electron chi connectivity index (χ1n) is 9.69. The molecule has 0 aliphatic carbocycles. The van der Waals surface area contributed by atoms with Crippen LogP contribution >= 0.6 is 34.8 Å². The van der Waals surface area contributed by atoms with Gasteiger partial charge in [0.05, 0.1) is 5.69 Å². The molecule has 2 N–H and O–H groups in total. The van der Waals surface area contributed by atoms with Crippen molar-refractivity contribution in [2.75, 3.05) is 36.4 Å². The number of halogens is 3. The van der Waals surface area contributed by atoms with Gasteiger partial charge in [0, 0.05) is 29.7 Å². The van der Waals surface area contributed by atoms with Gasteiger partial charge in [0.15, 0.2) is 5.82 Å². The highest BCUT2D eigenvalue weighted by Crippen LogP contribution is 2.33. The molecule has 2 saturated heterocycles. The van der Waals surface area contributed by atoms with E-state index in [4.69, 9.17) is 34.8 Å². The number of hydrogen-bond donors (Lipinski definition) is 2. The topological polar surface area (TPSA) is 53.1 Å². The van der Waals surface area contributed by atoms with Gasteiger partial charge >= 0.3 is 0 Å². The standard InChI is InChI=1S/C20H24Cl3N5/c1-12-18(23)19(25-9-14-4-5-16(21)7-17(14)22)27-20(26-12)28-10-15(11-28)13-3-2-6-24-8-13/h4-5,7,13,15,24H,2-3,6,8-11H2,1H3,(H,25,26,27). The fraction of sp³-hybridized carbons (Fsp3) is 0.500. The van der Waals surface area contributed by atoms with Crippen molar-refractivity contribution in [1.29, 1.82) is 0 Å². The summed E-state index contributed by atoms with van der Waals surface area (Å²) in [5.74, 6) is 2.87. The Hall–Kier alpha value is -1.27. The molecule has 2 aliphatic heterocycles. The third-order valence-corrected chi connectivity index (χ3v) is 6.70. The molecule has 0 spiro atoms. The predicted octanol–water partition coefficient (Wildman–Crippen LogP) is 4.79. The molecule has 28 heavy (non-hydrogen) atoms. The second kappa shape index (κ2) is 8.62. The Morgan fingerprint density at radius 2 is 2.00 bits per heavy atom. The SMILES string of the molecule is Cc1nc(N2CC(C3CCCNC3)C2)nc(NCc2ccc(Cl)cc2Cl)c1Cl. The Labute approximate surface area is 180 Å². The van der Waals surface area contributed by atoms with E-state index in [1.165, 1.54) is 12.8 Å². The fourth-order valence-electron chi connectivity index (χ4n) is 3.90. The number of nitrogens with zero attached hydrogens (tertiary/aromatic N) is 3. The van der Waals surface area contributed by atoms with Crippen LogP contribution < -0.4 is 15.5 Å². The molecule has 8 heteroatoms. The Morgan fingerprint density at radius 1 is 1.18 bits per heavy atom. The van der Waals surface area contributed by atoms with Gasteiger partial charge in [-0.3, -0.25) is 0 Å². The van der Waals surface area contributed by atoms with E-state index in [0.29, 0.717) is 27.4 Å². The van der Waals surface area contributed by atoms with E-state index in [9.17, 15) is 0 Å². The van der Waals surface area contributed by atoms with Gasteiger partial charge < -0.3 is 15.5 Å². The molecule has 4 rings (SSSR count). The molecule has 2 fully saturated rings. The zero-order valence-corrected chi connectivity index (χ0v) is 18.1. The number of hydrogen-bond acceptors (Lipinski definition) is 5. The van der Waals surface area contributed by atoms with E-state index in [1.54, 1.807) is 6.07 Å². The van der Waals surface area contributed by atoms with Gasteiger partial charge in [0.1, 0.15) is 5.02 Å². The van der Waals surface area contributed by atoms with Gasteiger partial charge in [-0.05, 0) is 62.4 Å². The summed E-state index contributed by atoms with van der Waals surface area (Å²) in [6.07, 6.45) is 2.60. The number of rotatable bonds is 5. The van der Waals surface area contributed by atoms with E-state index in [0.717, 1.165) is 55.2 Å². The Bertz CT molecular complexity index is 848. The summed E-state index contributed by atoms with van der Waals surface area (Å²) < 4.78 is 0. The Kier molecular flexibility index (Phi) is 6.16. The quantitative estimate of drug-likeness (QED) is 0.700. The summed E-state index contributed by atoms with van der Waals surface area (Å²) in [5, 5.41) is 8.59. The minimum absolute atomic E-state index is 0.516. The fourth-order valence-corrected chi connectivity index (χ4v) is 4.53. The smallest absolute Gasteiger partial charge is 0.227 e. The predicted molar refractivity (Wildman–Crippen MR) is 117 cm³/mol. The number of aryl methyl sites for hydroxylation is 1. The van der Waals surface area contributed by atoms with Gasteiger partial charge in [0.2, 0.25) is 5.95 Å². The highest BCUT2D eigenvalue weighted by molar-refractivity contribution is 6.35. The number of nitrogens with one attached hydrogen (secondary N) is 2. The summed E-state index contributed by atoms with van der Waals surface area (Å²) in [6, 6.07) is 5.46. The molecule has 0 radical (unpaired) electrons. The average molecular weight is 441 g/mol. The zero-order chi connectivity index (χ0) is 19.7. The monoisotopic (exact) mass is 439 g/mol. The molecular weight excluding hydrogens is 417 g/mol. The number of piperidine rings is 1. The lowest BCUT2D eigenvalue weighted by molar-refractivity contribution is 0.222. The minimum atomic E-state index is 0.516. The normalized spacial score (nSPS) is 20.1. The molecule has 2 aromatic rings. The van der Waals surface area contributed by atoms with Crippen LogP contribution in [0.25, 0.3) is 0 Å². The largest absolute Gasteiger partial charge is 0.365 e. The second-order valence-electron chi connectivity index (χ2n) is 7.63. The first kappa shape index (κ1) is 20.0. The van der Waals surface area contributed by atoms with Gasteiger partial charge in [-0.15, -0.1) is 0 Å². The van der Waals surface area contributed by atoms with E-state index >= 15 is 0 Å². The maximum atomic E-state index is 6.44. The van der Waals surface area contributed by atoms with Crippen molar-refractivity contribution in [2.45, 2.75) is 26.3 Å². The number of benzene rings is 1. The van der Waals surface area contributed by atoms with Crippen LogP contribution in [-0.2, 0) is 6.54 Å². The van der Waals surface area contributed by atoms with Crippen molar-refractivity contribution >= 4 is 46.6 Å². The lowest BCUT2D eigenvalue weighted by Gasteiger charge is -2.44. The summed E-state index contributed by atoms with van der Waals surface area (Å²) in [5.41, 5.74) is 1.72. The van der Waals surface area contributed by atoms with Crippen molar-refractivity contribution in [3.05, 3.63) is 44.5 Å². The Balaban J connectivity index is 1.43. The van der Waals surface area contributed by atoms with Gasteiger partial charge in [-0.2, -0.15) is 4.98 Å². The lowest BCUT2D eigenvalue weighted by atomic mass is 9.81. The van der Waals surface area contributed by atoms with Gasteiger partial charge in [-0.1, -0.05) is 40.9 Å². The summed E-state index contributed by atoms with van der Waals surface area (Å²) in [4.78, 5) is 11.5. The van der Waals surface area contributed by atoms with E-state index in [1.807, 2.05) is 19.1 Å². The minimum Gasteiger partial charge on any atom is -0.365 e. The van der Waals surface area contributed by atoms with Crippen molar-refractivity contribution in [2.24, 2.45) is 11.8 Å². The van der Waals surface area contributed by atoms with E-state index < -0.39 is 0 Å². The Morgan fingerprint density at radius 3 is 2.71 bits per heavy atom. The highest BCUT2D eigenvalue weighted by Gasteiger charge is 2.35. The first-order valence-corrected chi connectivity index (χ1v) is 10.8. The molecule has 0 bridgehead atoms. The van der Waals surface area contributed by atoms with Crippen molar-refractivity contribution in [1.82, 2.24) is 15.3 Å². The van der Waals surface area contributed by atoms with Crippen LogP contribution in [-0.4, -0.2) is 36.1 Å². The van der Waals surface area contributed by atoms with Crippen LogP contribution in [0.2, 0.25) is 15.1 Å². The maximum Gasteiger partial charge on any atom is 0.227 e. The molecule has 3 heterocycles. The van der Waals surface area contributed by atoms with E-state index in [-0.39, 0.29) is 0 Å². The van der Waals surface area contributed by atoms with Crippen LogP contribution in [0, 0.1) is 18.8 Å². The summed E-state index contributed by atoms with van der Waals surface area (Å²) in [6.45, 7) is 6.73. The van der Waals surface area contributed by atoms with Crippen LogP contribution in [0.3, 0.4) is 0 Å². The number of anilines is 2. The third kappa shape index (κ3) is 4.33. The van der Waals surface area contributed by atoms with E-state index in [2.05, 4.69) is 25.5 Å².